The highest BCUT2D eigenvalue weighted by Crippen LogP contribution is 2.19. The van der Waals surface area contributed by atoms with Crippen LogP contribution in [-0.2, 0) is 11.3 Å². The predicted molar refractivity (Wildman–Crippen MR) is 84.4 cm³/mol. The summed E-state index contributed by atoms with van der Waals surface area (Å²) in [6.07, 6.45) is 0. The molecule has 0 radical (unpaired) electrons. The number of hydrogen-bond acceptors (Lipinski definition) is 4. The summed E-state index contributed by atoms with van der Waals surface area (Å²) in [6, 6.07) is 11.1. The van der Waals surface area contributed by atoms with Gasteiger partial charge in [-0.05, 0) is 24.6 Å². The van der Waals surface area contributed by atoms with Crippen LogP contribution in [-0.4, -0.2) is 24.2 Å². The Balaban J connectivity index is 2.58. The second kappa shape index (κ2) is 7.02. The third-order valence-electron chi connectivity index (χ3n) is 3.42. The summed E-state index contributed by atoms with van der Waals surface area (Å²) in [5.74, 6) is 4.51. The molecule has 0 bridgehead atoms. The Morgan fingerprint density at radius 1 is 1.23 bits per heavy atom. The lowest BCUT2D eigenvalue weighted by atomic mass is 10.1. The first kappa shape index (κ1) is 15.9. The second-order valence-electron chi connectivity index (χ2n) is 4.92. The fraction of sp³-hybridized carbons (Fsp3) is 0.250. The van der Waals surface area contributed by atoms with Crippen LogP contribution in [0.25, 0.3) is 11.3 Å². The molecule has 2 rings (SSSR count). The molecular formula is C16H19N3O3. The first-order valence-corrected chi connectivity index (χ1v) is 6.89. The monoisotopic (exact) mass is 301 g/mol. The molecule has 6 nitrogen and oxygen atoms in total. The van der Waals surface area contributed by atoms with E-state index in [9.17, 15) is 9.59 Å². The SMILES string of the molecule is COCCn1c(-c2ccc(C)cc2)ccc(C(=O)NN)c1=O. The first-order valence-electron chi connectivity index (χ1n) is 6.89. The largest absolute Gasteiger partial charge is 0.383 e. The lowest BCUT2D eigenvalue weighted by Gasteiger charge is -2.14. The van der Waals surface area contributed by atoms with E-state index in [1.165, 1.54) is 10.6 Å². The molecule has 3 N–H and O–H groups in total. The van der Waals surface area contributed by atoms with Crippen molar-refractivity contribution in [2.75, 3.05) is 13.7 Å². The van der Waals surface area contributed by atoms with Gasteiger partial charge >= 0.3 is 0 Å². The molecule has 2 aromatic rings. The quantitative estimate of drug-likeness (QED) is 0.491. The Bertz CT molecular complexity index is 720. The van der Waals surface area contributed by atoms with Crippen molar-refractivity contribution in [1.29, 1.82) is 0 Å². The summed E-state index contributed by atoms with van der Waals surface area (Å²) in [4.78, 5) is 24.2. The van der Waals surface area contributed by atoms with Crippen molar-refractivity contribution >= 4 is 5.91 Å². The van der Waals surface area contributed by atoms with E-state index in [0.29, 0.717) is 13.2 Å². The van der Waals surface area contributed by atoms with Crippen LogP contribution < -0.4 is 16.8 Å². The lowest BCUT2D eigenvalue weighted by Crippen LogP contribution is -2.37. The fourth-order valence-corrected chi connectivity index (χ4v) is 2.21. The van der Waals surface area contributed by atoms with Crippen LogP contribution >= 0.6 is 0 Å². The van der Waals surface area contributed by atoms with E-state index in [4.69, 9.17) is 10.6 Å². The average molecular weight is 301 g/mol. The van der Waals surface area contributed by atoms with E-state index in [1.807, 2.05) is 36.6 Å². The van der Waals surface area contributed by atoms with Crippen LogP contribution in [0.15, 0.2) is 41.2 Å². The molecule has 0 unspecified atom stereocenters. The molecule has 1 aromatic heterocycles. The number of aromatic nitrogens is 1. The Morgan fingerprint density at radius 3 is 2.50 bits per heavy atom. The van der Waals surface area contributed by atoms with Crippen LogP contribution in [0.3, 0.4) is 0 Å². The van der Waals surface area contributed by atoms with Crippen molar-refractivity contribution in [3.05, 3.63) is 57.9 Å². The summed E-state index contributed by atoms with van der Waals surface area (Å²) >= 11 is 0. The number of ether oxygens (including phenoxy) is 1. The van der Waals surface area contributed by atoms with E-state index in [-0.39, 0.29) is 5.56 Å². The number of hydrogen-bond donors (Lipinski definition) is 2. The molecule has 0 fully saturated rings. The van der Waals surface area contributed by atoms with Gasteiger partial charge in [-0.15, -0.1) is 0 Å². The minimum atomic E-state index is -0.605. The minimum absolute atomic E-state index is 0.00876. The maximum Gasteiger partial charge on any atom is 0.270 e. The molecule has 0 saturated heterocycles. The molecule has 1 amide bonds. The van der Waals surface area contributed by atoms with E-state index >= 15 is 0 Å². The fourth-order valence-electron chi connectivity index (χ4n) is 2.21. The maximum absolute atomic E-state index is 12.5. The number of amides is 1. The smallest absolute Gasteiger partial charge is 0.270 e. The number of nitrogens with one attached hydrogen (secondary N) is 1. The standard InChI is InChI=1S/C16H19N3O3/c1-11-3-5-12(6-4-11)14-8-7-13(15(20)18-17)16(21)19(14)9-10-22-2/h3-8H,9-10,17H2,1-2H3,(H,18,20). The zero-order chi connectivity index (χ0) is 16.1. The van der Waals surface area contributed by atoms with Crippen LogP contribution in [0.5, 0.6) is 0 Å². The van der Waals surface area contributed by atoms with Crippen molar-refractivity contribution in [2.24, 2.45) is 5.84 Å². The number of nitrogens with zero attached hydrogens (tertiary/aromatic N) is 1. The number of benzene rings is 1. The number of aryl methyl sites for hydroxylation is 1. The Labute approximate surface area is 128 Å². The summed E-state index contributed by atoms with van der Waals surface area (Å²) in [7, 11) is 1.56. The Morgan fingerprint density at radius 2 is 1.91 bits per heavy atom. The van der Waals surface area contributed by atoms with Crippen LogP contribution in [0.4, 0.5) is 0 Å². The Hall–Kier alpha value is -2.44. The van der Waals surface area contributed by atoms with Crippen molar-refractivity contribution < 1.29 is 9.53 Å². The first-order chi connectivity index (χ1) is 10.6. The molecule has 1 aromatic carbocycles. The van der Waals surface area contributed by atoms with Crippen molar-refractivity contribution in [3.8, 4) is 11.3 Å². The topological polar surface area (TPSA) is 86.3 Å². The highest BCUT2D eigenvalue weighted by atomic mass is 16.5. The third-order valence-corrected chi connectivity index (χ3v) is 3.42. The third kappa shape index (κ3) is 3.24. The van der Waals surface area contributed by atoms with Gasteiger partial charge in [-0.2, -0.15) is 0 Å². The molecule has 0 spiro atoms. The number of nitrogen functional groups attached to an aromatic ring is 1. The van der Waals surface area contributed by atoms with E-state index < -0.39 is 11.5 Å². The number of methoxy groups -OCH3 is 1. The molecule has 6 heteroatoms. The number of pyridine rings is 1. The maximum atomic E-state index is 12.5. The Kier molecular flexibility index (Phi) is 5.08. The normalized spacial score (nSPS) is 10.5. The van der Waals surface area contributed by atoms with E-state index in [0.717, 1.165) is 16.8 Å². The average Bonchev–Trinajstić information content (AvgIpc) is 2.53. The molecule has 1 heterocycles. The predicted octanol–water partition coefficient (Wildman–Crippen LogP) is 1.07. The van der Waals surface area contributed by atoms with Gasteiger partial charge in [0.2, 0.25) is 0 Å². The number of rotatable bonds is 5. The van der Waals surface area contributed by atoms with Crippen molar-refractivity contribution in [2.45, 2.75) is 13.5 Å². The number of carbonyl (C=O) groups excluding carboxylic acids is 1. The molecule has 0 aliphatic heterocycles. The van der Waals surface area contributed by atoms with Gasteiger partial charge in [-0.3, -0.25) is 15.0 Å². The van der Waals surface area contributed by atoms with Crippen LogP contribution in [0, 0.1) is 6.92 Å². The number of carbonyl (C=O) groups is 1. The van der Waals surface area contributed by atoms with Gasteiger partial charge in [-0.1, -0.05) is 29.8 Å². The molecule has 0 aliphatic carbocycles. The van der Waals surface area contributed by atoms with Gasteiger partial charge in [0.05, 0.1) is 12.3 Å². The highest BCUT2D eigenvalue weighted by Gasteiger charge is 2.15. The van der Waals surface area contributed by atoms with Crippen LogP contribution in [0.1, 0.15) is 15.9 Å². The zero-order valence-electron chi connectivity index (χ0n) is 12.6. The van der Waals surface area contributed by atoms with Gasteiger partial charge in [0.1, 0.15) is 5.56 Å². The molecule has 0 saturated carbocycles. The number of nitrogens with two attached hydrogens (primary N) is 1. The second-order valence-corrected chi connectivity index (χ2v) is 4.92. The van der Waals surface area contributed by atoms with Crippen molar-refractivity contribution in [3.63, 3.8) is 0 Å². The molecule has 0 aliphatic rings. The summed E-state index contributed by atoms with van der Waals surface area (Å²) in [5, 5.41) is 0. The van der Waals surface area contributed by atoms with E-state index in [2.05, 4.69) is 0 Å². The number of hydrazine groups is 1. The minimum Gasteiger partial charge on any atom is -0.383 e. The summed E-state index contributed by atoms with van der Waals surface area (Å²) in [5.41, 5.74) is 4.37. The van der Waals surface area contributed by atoms with Gasteiger partial charge in [0, 0.05) is 13.7 Å². The van der Waals surface area contributed by atoms with Gasteiger partial charge < -0.3 is 9.30 Å². The van der Waals surface area contributed by atoms with Gasteiger partial charge in [0.25, 0.3) is 11.5 Å². The van der Waals surface area contributed by atoms with Gasteiger partial charge in [-0.25, -0.2) is 5.84 Å². The molecular weight excluding hydrogens is 282 g/mol. The summed E-state index contributed by atoms with van der Waals surface area (Å²) in [6.45, 7) is 2.72. The van der Waals surface area contributed by atoms with Crippen molar-refractivity contribution in [1.82, 2.24) is 9.99 Å². The lowest BCUT2D eigenvalue weighted by molar-refractivity contribution is 0.0951. The van der Waals surface area contributed by atoms with Crippen LogP contribution in [0.2, 0.25) is 0 Å². The zero-order valence-corrected chi connectivity index (χ0v) is 12.6. The summed E-state index contributed by atoms with van der Waals surface area (Å²) < 4.78 is 6.58. The highest BCUT2D eigenvalue weighted by molar-refractivity contribution is 5.93. The molecule has 22 heavy (non-hydrogen) atoms. The molecule has 0 atom stereocenters. The van der Waals surface area contributed by atoms with E-state index in [1.54, 1.807) is 13.2 Å². The molecule has 116 valence electrons. The van der Waals surface area contributed by atoms with Gasteiger partial charge in [0.15, 0.2) is 0 Å².